The SMILES string of the molecule is CC(=O)OCC1C(COC(C)=O)C1(C)C. The minimum atomic E-state index is -0.260. The summed E-state index contributed by atoms with van der Waals surface area (Å²) in [5, 5.41) is 0. The number of esters is 2. The summed E-state index contributed by atoms with van der Waals surface area (Å²) in [5.41, 5.74) is 0.102. The molecule has 15 heavy (non-hydrogen) atoms. The number of carbonyl (C=O) groups excluding carboxylic acids is 2. The Balaban J connectivity index is 2.34. The second-order valence-electron chi connectivity index (χ2n) is 4.64. The molecule has 1 rings (SSSR count). The first kappa shape index (κ1) is 12.0. The molecule has 4 nitrogen and oxygen atoms in total. The van der Waals surface area contributed by atoms with Crippen molar-refractivity contribution in [2.75, 3.05) is 13.2 Å². The van der Waals surface area contributed by atoms with E-state index in [0.717, 1.165) is 0 Å². The van der Waals surface area contributed by atoms with Crippen LogP contribution in [0, 0.1) is 17.3 Å². The molecule has 0 amide bonds. The third kappa shape index (κ3) is 2.94. The highest BCUT2D eigenvalue weighted by molar-refractivity contribution is 5.66. The van der Waals surface area contributed by atoms with Gasteiger partial charge in [-0.25, -0.2) is 0 Å². The Kier molecular flexibility index (Phi) is 3.37. The van der Waals surface area contributed by atoms with Crippen LogP contribution < -0.4 is 0 Å². The monoisotopic (exact) mass is 214 g/mol. The lowest BCUT2D eigenvalue weighted by molar-refractivity contribution is -0.143. The smallest absolute Gasteiger partial charge is 0.302 e. The molecule has 0 aromatic heterocycles. The van der Waals surface area contributed by atoms with Crippen LogP contribution in [0.3, 0.4) is 0 Å². The molecule has 86 valence electrons. The maximum absolute atomic E-state index is 10.7. The summed E-state index contributed by atoms with van der Waals surface area (Å²) < 4.78 is 9.92. The van der Waals surface area contributed by atoms with Crippen molar-refractivity contribution in [3.8, 4) is 0 Å². The first-order valence-corrected chi connectivity index (χ1v) is 5.12. The highest BCUT2D eigenvalue weighted by atomic mass is 16.5. The zero-order valence-corrected chi connectivity index (χ0v) is 9.70. The van der Waals surface area contributed by atoms with Crippen molar-refractivity contribution in [3.05, 3.63) is 0 Å². The average Bonchev–Trinajstić information content (AvgIpc) is 2.60. The molecule has 0 aliphatic heterocycles. The van der Waals surface area contributed by atoms with Gasteiger partial charge < -0.3 is 9.47 Å². The predicted octanol–water partition coefficient (Wildman–Crippen LogP) is 1.38. The summed E-state index contributed by atoms with van der Waals surface area (Å²) in [7, 11) is 0. The Bertz CT molecular complexity index is 244. The standard InChI is InChI=1S/C11H18O4/c1-7(12)14-5-9-10(11(9,3)4)6-15-8(2)13/h9-10H,5-6H2,1-4H3. The summed E-state index contributed by atoms with van der Waals surface area (Å²) in [4.78, 5) is 21.3. The number of hydrogen-bond donors (Lipinski definition) is 0. The van der Waals surface area contributed by atoms with Crippen molar-refractivity contribution in [2.45, 2.75) is 27.7 Å². The maximum Gasteiger partial charge on any atom is 0.302 e. The Morgan fingerprint density at radius 1 is 1.00 bits per heavy atom. The molecule has 0 spiro atoms. The summed E-state index contributed by atoms with van der Waals surface area (Å²) in [5.74, 6) is 0.0920. The van der Waals surface area contributed by atoms with Gasteiger partial charge in [-0.1, -0.05) is 13.8 Å². The van der Waals surface area contributed by atoms with Crippen LogP contribution in [0.5, 0.6) is 0 Å². The van der Waals surface area contributed by atoms with Crippen LogP contribution in [-0.2, 0) is 19.1 Å². The van der Waals surface area contributed by atoms with Gasteiger partial charge >= 0.3 is 11.9 Å². The van der Waals surface area contributed by atoms with E-state index in [1.807, 2.05) is 0 Å². The Hall–Kier alpha value is -1.06. The third-order valence-corrected chi connectivity index (χ3v) is 3.22. The molecule has 0 heterocycles. The van der Waals surface area contributed by atoms with E-state index in [1.54, 1.807) is 0 Å². The van der Waals surface area contributed by atoms with Crippen LogP contribution in [0.1, 0.15) is 27.7 Å². The van der Waals surface area contributed by atoms with E-state index in [2.05, 4.69) is 13.8 Å². The van der Waals surface area contributed by atoms with E-state index in [1.165, 1.54) is 13.8 Å². The normalized spacial score (nSPS) is 26.9. The van der Waals surface area contributed by atoms with Crippen LogP contribution in [0.15, 0.2) is 0 Å². The third-order valence-electron chi connectivity index (χ3n) is 3.22. The highest BCUT2D eigenvalue weighted by Gasteiger charge is 2.58. The fraction of sp³-hybridized carbons (Fsp3) is 0.818. The molecule has 1 aliphatic rings. The van der Waals surface area contributed by atoms with Crippen LogP contribution in [0.25, 0.3) is 0 Å². The van der Waals surface area contributed by atoms with Crippen molar-refractivity contribution >= 4 is 11.9 Å². The van der Waals surface area contributed by atoms with Gasteiger partial charge in [-0.05, 0) is 5.41 Å². The van der Waals surface area contributed by atoms with E-state index in [-0.39, 0.29) is 17.4 Å². The van der Waals surface area contributed by atoms with Crippen LogP contribution in [0.4, 0.5) is 0 Å². The molecular weight excluding hydrogens is 196 g/mol. The molecule has 0 radical (unpaired) electrons. The summed E-state index contributed by atoms with van der Waals surface area (Å²) in [6, 6.07) is 0. The van der Waals surface area contributed by atoms with Gasteiger partial charge in [-0.15, -0.1) is 0 Å². The summed E-state index contributed by atoms with van der Waals surface area (Å²) in [6.45, 7) is 7.83. The van der Waals surface area contributed by atoms with Gasteiger partial charge in [0, 0.05) is 25.7 Å². The van der Waals surface area contributed by atoms with Gasteiger partial charge in [0.25, 0.3) is 0 Å². The van der Waals surface area contributed by atoms with Gasteiger partial charge in [0.2, 0.25) is 0 Å². The molecule has 0 aromatic rings. The van der Waals surface area contributed by atoms with Crippen LogP contribution in [-0.4, -0.2) is 25.2 Å². The zero-order valence-electron chi connectivity index (χ0n) is 9.70. The lowest BCUT2D eigenvalue weighted by atomic mass is 10.1. The molecule has 2 atom stereocenters. The second-order valence-corrected chi connectivity index (χ2v) is 4.64. The van der Waals surface area contributed by atoms with Gasteiger partial charge in [0.1, 0.15) is 0 Å². The molecule has 1 aliphatic carbocycles. The summed E-state index contributed by atoms with van der Waals surface area (Å²) >= 11 is 0. The van der Waals surface area contributed by atoms with Crippen molar-refractivity contribution in [3.63, 3.8) is 0 Å². The van der Waals surface area contributed by atoms with Crippen LogP contribution >= 0.6 is 0 Å². The van der Waals surface area contributed by atoms with E-state index in [4.69, 9.17) is 9.47 Å². The molecule has 0 saturated heterocycles. The lowest BCUT2D eigenvalue weighted by Gasteiger charge is -2.02. The minimum Gasteiger partial charge on any atom is -0.466 e. The van der Waals surface area contributed by atoms with Crippen molar-refractivity contribution in [1.29, 1.82) is 0 Å². The molecule has 1 fully saturated rings. The van der Waals surface area contributed by atoms with Gasteiger partial charge in [-0.3, -0.25) is 9.59 Å². The van der Waals surface area contributed by atoms with Gasteiger partial charge in [0.05, 0.1) is 13.2 Å². The molecule has 4 heteroatoms. The van der Waals surface area contributed by atoms with Crippen molar-refractivity contribution in [1.82, 2.24) is 0 Å². The topological polar surface area (TPSA) is 52.6 Å². The van der Waals surface area contributed by atoms with E-state index in [9.17, 15) is 9.59 Å². The largest absolute Gasteiger partial charge is 0.466 e. The quantitative estimate of drug-likeness (QED) is 0.663. The first-order valence-electron chi connectivity index (χ1n) is 5.12. The van der Waals surface area contributed by atoms with E-state index in [0.29, 0.717) is 25.0 Å². The molecule has 1 saturated carbocycles. The number of rotatable bonds is 4. The molecule has 0 bridgehead atoms. The van der Waals surface area contributed by atoms with Crippen molar-refractivity contribution < 1.29 is 19.1 Å². The van der Waals surface area contributed by atoms with Gasteiger partial charge in [-0.2, -0.15) is 0 Å². The average molecular weight is 214 g/mol. The molecular formula is C11H18O4. The summed E-state index contributed by atoms with van der Waals surface area (Å²) in [6.07, 6.45) is 0. The second kappa shape index (κ2) is 4.21. The highest BCUT2D eigenvalue weighted by Crippen LogP contribution is 2.58. The Morgan fingerprint density at radius 3 is 1.60 bits per heavy atom. The fourth-order valence-electron chi connectivity index (χ4n) is 1.93. The predicted molar refractivity (Wildman–Crippen MR) is 54.0 cm³/mol. The molecule has 0 aromatic carbocycles. The minimum absolute atomic E-state index is 0.102. The molecule has 2 unspecified atom stereocenters. The van der Waals surface area contributed by atoms with E-state index >= 15 is 0 Å². The zero-order chi connectivity index (χ0) is 11.6. The molecule has 0 N–H and O–H groups in total. The number of hydrogen-bond acceptors (Lipinski definition) is 4. The van der Waals surface area contributed by atoms with Crippen molar-refractivity contribution in [2.24, 2.45) is 17.3 Å². The Labute approximate surface area is 89.9 Å². The maximum atomic E-state index is 10.7. The lowest BCUT2D eigenvalue weighted by Crippen LogP contribution is -2.07. The first-order chi connectivity index (χ1) is 6.85. The number of carbonyl (C=O) groups is 2. The van der Waals surface area contributed by atoms with Crippen LogP contribution in [0.2, 0.25) is 0 Å². The van der Waals surface area contributed by atoms with Gasteiger partial charge in [0.15, 0.2) is 0 Å². The fourth-order valence-corrected chi connectivity index (χ4v) is 1.93. The Morgan fingerprint density at radius 2 is 1.33 bits per heavy atom. The number of ether oxygens (including phenoxy) is 2. The van der Waals surface area contributed by atoms with E-state index < -0.39 is 0 Å².